The summed E-state index contributed by atoms with van der Waals surface area (Å²) in [6.45, 7) is 5.99. The van der Waals surface area contributed by atoms with Crippen molar-refractivity contribution in [2.75, 3.05) is 13.7 Å². The first-order valence-corrected chi connectivity index (χ1v) is 8.72. The molecule has 1 aliphatic heterocycles. The molecular formula is C21H25NO4. The third-order valence-corrected chi connectivity index (χ3v) is 4.37. The minimum Gasteiger partial charge on any atom is -0.497 e. The summed E-state index contributed by atoms with van der Waals surface area (Å²) < 4.78 is 17.0. The number of carbonyl (C=O) groups is 1. The summed E-state index contributed by atoms with van der Waals surface area (Å²) in [4.78, 5) is 12.4. The average molecular weight is 355 g/mol. The SMILES string of the molecule is COc1ccc2c(c1)C(NC(=O)COc1cccc(C)c1)CC(C)(C)O2. The molecule has 5 heteroatoms. The molecule has 0 radical (unpaired) electrons. The minimum atomic E-state index is -0.364. The Kier molecular flexibility index (Phi) is 5.07. The Morgan fingerprint density at radius 2 is 2.04 bits per heavy atom. The van der Waals surface area contributed by atoms with E-state index in [2.05, 4.69) is 5.32 Å². The quantitative estimate of drug-likeness (QED) is 0.886. The van der Waals surface area contributed by atoms with Gasteiger partial charge in [0.15, 0.2) is 6.61 Å². The van der Waals surface area contributed by atoms with Gasteiger partial charge in [-0.3, -0.25) is 4.79 Å². The summed E-state index contributed by atoms with van der Waals surface area (Å²) in [6.07, 6.45) is 0.670. The van der Waals surface area contributed by atoms with E-state index >= 15 is 0 Å². The summed E-state index contributed by atoms with van der Waals surface area (Å²) in [5.41, 5.74) is 1.65. The maximum atomic E-state index is 12.4. The first-order valence-electron chi connectivity index (χ1n) is 8.72. The lowest BCUT2D eigenvalue weighted by atomic mass is 9.89. The average Bonchev–Trinajstić information content (AvgIpc) is 2.59. The summed E-state index contributed by atoms with van der Waals surface area (Å²) in [5.74, 6) is 2.03. The van der Waals surface area contributed by atoms with E-state index in [1.807, 2.05) is 63.2 Å². The molecule has 3 rings (SSSR count). The van der Waals surface area contributed by atoms with Crippen LogP contribution in [0.25, 0.3) is 0 Å². The van der Waals surface area contributed by atoms with Crippen LogP contribution >= 0.6 is 0 Å². The Balaban J connectivity index is 1.71. The monoisotopic (exact) mass is 355 g/mol. The molecule has 0 aliphatic carbocycles. The number of benzene rings is 2. The molecule has 1 atom stereocenters. The van der Waals surface area contributed by atoms with Crippen molar-refractivity contribution in [3.63, 3.8) is 0 Å². The topological polar surface area (TPSA) is 56.8 Å². The fourth-order valence-electron chi connectivity index (χ4n) is 3.18. The number of nitrogens with one attached hydrogen (secondary N) is 1. The van der Waals surface area contributed by atoms with E-state index in [0.29, 0.717) is 12.2 Å². The zero-order valence-corrected chi connectivity index (χ0v) is 15.7. The van der Waals surface area contributed by atoms with Crippen LogP contribution in [0.5, 0.6) is 17.2 Å². The zero-order valence-electron chi connectivity index (χ0n) is 15.7. The van der Waals surface area contributed by atoms with Gasteiger partial charge in [0.2, 0.25) is 0 Å². The van der Waals surface area contributed by atoms with Crippen molar-refractivity contribution in [3.05, 3.63) is 53.6 Å². The van der Waals surface area contributed by atoms with Crippen molar-refractivity contribution in [1.29, 1.82) is 0 Å². The lowest BCUT2D eigenvalue weighted by Crippen LogP contribution is -2.42. The van der Waals surface area contributed by atoms with Gasteiger partial charge in [-0.2, -0.15) is 0 Å². The Morgan fingerprint density at radius 1 is 1.23 bits per heavy atom. The third kappa shape index (κ3) is 4.28. The molecule has 1 aliphatic rings. The van der Waals surface area contributed by atoms with Gasteiger partial charge in [0.05, 0.1) is 13.2 Å². The number of ether oxygens (including phenoxy) is 3. The second-order valence-electron chi connectivity index (χ2n) is 7.19. The van der Waals surface area contributed by atoms with Crippen LogP contribution in [0, 0.1) is 6.92 Å². The molecule has 26 heavy (non-hydrogen) atoms. The standard InChI is InChI=1S/C21H25NO4/c1-14-6-5-7-16(10-14)25-13-20(23)22-18-12-21(2,3)26-19-9-8-15(24-4)11-17(18)19/h5-11,18H,12-13H2,1-4H3,(H,22,23). The molecule has 0 spiro atoms. The van der Waals surface area contributed by atoms with E-state index in [1.54, 1.807) is 7.11 Å². The number of hydrogen-bond acceptors (Lipinski definition) is 4. The highest BCUT2D eigenvalue weighted by atomic mass is 16.5. The van der Waals surface area contributed by atoms with E-state index in [9.17, 15) is 4.79 Å². The number of hydrogen-bond donors (Lipinski definition) is 1. The number of fused-ring (bicyclic) bond motifs is 1. The van der Waals surface area contributed by atoms with Gasteiger partial charge in [-0.25, -0.2) is 0 Å². The van der Waals surface area contributed by atoms with Gasteiger partial charge in [-0.1, -0.05) is 12.1 Å². The van der Waals surface area contributed by atoms with E-state index in [4.69, 9.17) is 14.2 Å². The molecule has 0 aromatic heterocycles. The van der Waals surface area contributed by atoms with Gasteiger partial charge in [0, 0.05) is 12.0 Å². The summed E-state index contributed by atoms with van der Waals surface area (Å²) >= 11 is 0. The molecular weight excluding hydrogens is 330 g/mol. The van der Waals surface area contributed by atoms with E-state index < -0.39 is 0 Å². The Labute approximate surface area is 154 Å². The van der Waals surface area contributed by atoms with E-state index in [0.717, 1.165) is 22.6 Å². The van der Waals surface area contributed by atoms with Gasteiger partial charge < -0.3 is 19.5 Å². The van der Waals surface area contributed by atoms with Crippen LogP contribution in [0.1, 0.15) is 37.4 Å². The third-order valence-electron chi connectivity index (χ3n) is 4.37. The van der Waals surface area contributed by atoms with Gasteiger partial charge >= 0.3 is 0 Å². The van der Waals surface area contributed by atoms with Crippen LogP contribution in [-0.4, -0.2) is 25.2 Å². The second kappa shape index (κ2) is 7.28. The fourth-order valence-corrected chi connectivity index (χ4v) is 3.18. The highest BCUT2D eigenvalue weighted by Gasteiger charge is 2.34. The highest BCUT2D eigenvalue weighted by Crippen LogP contribution is 2.41. The number of aryl methyl sites for hydroxylation is 1. The smallest absolute Gasteiger partial charge is 0.258 e. The van der Waals surface area contributed by atoms with E-state index in [1.165, 1.54) is 0 Å². The number of rotatable bonds is 5. The molecule has 0 bridgehead atoms. The lowest BCUT2D eigenvalue weighted by Gasteiger charge is -2.38. The van der Waals surface area contributed by atoms with Crippen molar-refractivity contribution in [2.24, 2.45) is 0 Å². The van der Waals surface area contributed by atoms with Crippen LogP contribution in [-0.2, 0) is 4.79 Å². The predicted octanol–water partition coefficient (Wildman–Crippen LogP) is 3.80. The molecule has 1 N–H and O–H groups in total. The lowest BCUT2D eigenvalue weighted by molar-refractivity contribution is -0.124. The Bertz CT molecular complexity index is 800. The summed E-state index contributed by atoms with van der Waals surface area (Å²) in [7, 11) is 1.62. The van der Waals surface area contributed by atoms with Gasteiger partial charge in [-0.05, 0) is 56.7 Å². The maximum absolute atomic E-state index is 12.4. The van der Waals surface area contributed by atoms with Crippen LogP contribution in [0.4, 0.5) is 0 Å². The van der Waals surface area contributed by atoms with Crippen LogP contribution < -0.4 is 19.5 Å². The normalized spacial score (nSPS) is 17.6. The van der Waals surface area contributed by atoms with Crippen molar-refractivity contribution < 1.29 is 19.0 Å². The Morgan fingerprint density at radius 3 is 2.77 bits per heavy atom. The molecule has 138 valence electrons. The molecule has 0 saturated heterocycles. The summed E-state index contributed by atoms with van der Waals surface area (Å²) in [5, 5.41) is 3.07. The Hall–Kier alpha value is -2.69. The van der Waals surface area contributed by atoms with Crippen molar-refractivity contribution in [2.45, 2.75) is 38.8 Å². The second-order valence-corrected chi connectivity index (χ2v) is 7.19. The van der Waals surface area contributed by atoms with Gasteiger partial charge in [0.25, 0.3) is 5.91 Å². The van der Waals surface area contributed by atoms with Crippen molar-refractivity contribution >= 4 is 5.91 Å². The molecule has 1 unspecified atom stereocenters. The molecule has 0 fully saturated rings. The van der Waals surface area contributed by atoms with Crippen molar-refractivity contribution in [1.82, 2.24) is 5.32 Å². The first-order chi connectivity index (χ1) is 12.4. The largest absolute Gasteiger partial charge is 0.497 e. The minimum absolute atomic E-state index is 0.0272. The van der Waals surface area contributed by atoms with Gasteiger partial charge in [-0.15, -0.1) is 0 Å². The predicted molar refractivity (Wildman–Crippen MR) is 99.9 cm³/mol. The van der Waals surface area contributed by atoms with Crippen molar-refractivity contribution in [3.8, 4) is 17.2 Å². The molecule has 2 aromatic rings. The number of amides is 1. The number of carbonyl (C=O) groups excluding carboxylic acids is 1. The van der Waals surface area contributed by atoms with E-state index in [-0.39, 0.29) is 24.2 Å². The zero-order chi connectivity index (χ0) is 18.7. The fraction of sp³-hybridized carbons (Fsp3) is 0.381. The highest BCUT2D eigenvalue weighted by molar-refractivity contribution is 5.78. The first kappa shape index (κ1) is 18.1. The molecule has 1 amide bonds. The molecule has 2 aromatic carbocycles. The van der Waals surface area contributed by atoms with Crippen LogP contribution in [0.15, 0.2) is 42.5 Å². The molecule has 0 saturated carbocycles. The van der Waals surface area contributed by atoms with Crippen LogP contribution in [0.3, 0.4) is 0 Å². The van der Waals surface area contributed by atoms with Crippen LogP contribution in [0.2, 0.25) is 0 Å². The van der Waals surface area contributed by atoms with Gasteiger partial charge in [0.1, 0.15) is 22.8 Å². The maximum Gasteiger partial charge on any atom is 0.258 e. The molecule has 1 heterocycles. The number of methoxy groups -OCH3 is 1. The summed E-state index contributed by atoms with van der Waals surface area (Å²) in [6, 6.07) is 13.2. The molecule has 5 nitrogen and oxygen atoms in total.